The van der Waals surface area contributed by atoms with Crippen LogP contribution in [0.4, 0.5) is 0 Å². The van der Waals surface area contributed by atoms with E-state index in [-0.39, 0.29) is 0 Å². The van der Waals surface area contributed by atoms with Crippen LogP contribution in [0.5, 0.6) is 0 Å². The van der Waals surface area contributed by atoms with Crippen LogP contribution in [0.15, 0.2) is 94.7 Å². The predicted molar refractivity (Wildman–Crippen MR) is 128 cm³/mol. The molecule has 5 rings (SSSR count). The number of aromatic nitrogens is 4. The average Bonchev–Trinajstić information content (AvgIpc) is 3.47. The first kappa shape index (κ1) is 20.3. The number of oxazole rings is 1. The summed E-state index contributed by atoms with van der Waals surface area (Å²) in [5, 5.41) is 9.85. The molecule has 0 saturated heterocycles. The maximum Gasteiger partial charge on any atom is 0.226 e. The Morgan fingerprint density at radius 3 is 2.19 bits per heavy atom. The molecule has 6 heteroatoms. The van der Waals surface area contributed by atoms with Gasteiger partial charge in [0.05, 0.1) is 5.69 Å². The van der Waals surface area contributed by atoms with Crippen LogP contribution in [0.2, 0.25) is 0 Å². The van der Waals surface area contributed by atoms with Gasteiger partial charge in [-0.05, 0) is 38.1 Å². The van der Waals surface area contributed by atoms with Crippen LogP contribution >= 0.6 is 11.8 Å². The monoisotopic (exact) mass is 438 g/mol. The van der Waals surface area contributed by atoms with Crippen molar-refractivity contribution < 1.29 is 4.42 Å². The summed E-state index contributed by atoms with van der Waals surface area (Å²) in [5.74, 6) is 2.08. The lowest BCUT2D eigenvalue weighted by Crippen LogP contribution is -2.00. The highest BCUT2D eigenvalue weighted by molar-refractivity contribution is 7.98. The lowest BCUT2D eigenvalue weighted by atomic mass is 10.1. The van der Waals surface area contributed by atoms with E-state index < -0.39 is 0 Å². The zero-order valence-corrected chi connectivity index (χ0v) is 18.7. The van der Waals surface area contributed by atoms with Gasteiger partial charge in [-0.25, -0.2) is 4.98 Å². The Hall–Kier alpha value is -3.64. The van der Waals surface area contributed by atoms with Crippen molar-refractivity contribution in [3.8, 4) is 28.5 Å². The summed E-state index contributed by atoms with van der Waals surface area (Å²) in [6.45, 7) is 4.17. The third-order valence-corrected chi connectivity index (χ3v) is 6.12. The van der Waals surface area contributed by atoms with Gasteiger partial charge in [-0.2, -0.15) is 0 Å². The van der Waals surface area contributed by atoms with Gasteiger partial charge >= 0.3 is 0 Å². The highest BCUT2D eigenvalue weighted by Gasteiger charge is 2.17. The summed E-state index contributed by atoms with van der Waals surface area (Å²) >= 11 is 1.59. The molecule has 2 heterocycles. The van der Waals surface area contributed by atoms with E-state index in [1.807, 2.05) is 30.3 Å². The van der Waals surface area contributed by atoms with Crippen LogP contribution in [0, 0.1) is 13.8 Å². The van der Waals surface area contributed by atoms with E-state index in [9.17, 15) is 0 Å². The molecule has 5 aromatic rings. The molecule has 0 N–H and O–H groups in total. The van der Waals surface area contributed by atoms with E-state index in [0.717, 1.165) is 33.5 Å². The number of hydrogen-bond donors (Lipinski definition) is 0. The minimum atomic E-state index is 0.626. The Kier molecular flexibility index (Phi) is 5.60. The second-order valence-corrected chi connectivity index (χ2v) is 8.58. The first-order chi connectivity index (χ1) is 15.7. The van der Waals surface area contributed by atoms with Crippen molar-refractivity contribution >= 4 is 11.8 Å². The number of nitrogens with zero attached hydrogens (tertiary/aromatic N) is 4. The molecule has 32 heavy (non-hydrogen) atoms. The first-order valence-electron chi connectivity index (χ1n) is 10.4. The van der Waals surface area contributed by atoms with Gasteiger partial charge in [0.15, 0.2) is 11.0 Å². The quantitative estimate of drug-likeness (QED) is 0.283. The Labute approximate surface area is 191 Å². The number of aryl methyl sites for hydroxylation is 2. The van der Waals surface area contributed by atoms with Crippen LogP contribution in [-0.4, -0.2) is 19.7 Å². The molecule has 0 aliphatic rings. The minimum absolute atomic E-state index is 0.626. The summed E-state index contributed by atoms with van der Waals surface area (Å²) < 4.78 is 7.79. The molecular formula is C26H22N4OS. The molecule has 2 aromatic heterocycles. The Bertz CT molecular complexity index is 1320. The molecule has 0 saturated carbocycles. The molecule has 3 aromatic carbocycles. The molecule has 0 aliphatic carbocycles. The van der Waals surface area contributed by atoms with Crippen LogP contribution in [-0.2, 0) is 5.75 Å². The minimum Gasteiger partial charge on any atom is -0.444 e. The second kappa shape index (κ2) is 8.85. The van der Waals surface area contributed by atoms with Crippen molar-refractivity contribution in [1.82, 2.24) is 19.7 Å². The summed E-state index contributed by atoms with van der Waals surface area (Å²) in [6, 6.07) is 26.7. The van der Waals surface area contributed by atoms with Crippen LogP contribution in [0.1, 0.15) is 16.8 Å². The van der Waals surface area contributed by atoms with Gasteiger partial charge in [0.1, 0.15) is 6.26 Å². The van der Waals surface area contributed by atoms with Gasteiger partial charge in [-0.1, -0.05) is 77.5 Å². The average molecular weight is 439 g/mol. The Morgan fingerprint density at radius 1 is 0.781 bits per heavy atom. The Morgan fingerprint density at radius 2 is 1.47 bits per heavy atom. The normalized spacial score (nSPS) is 11.1. The van der Waals surface area contributed by atoms with Crippen LogP contribution in [0.25, 0.3) is 28.5 Å². The molecular weight excluding hydrogens is 416 g/mol. The molecule has 158 valence electrons. The maximum atomic E-state index is 5.69. The highest BCUT2D eigenvalue weighted by Crippen LogP contribution is 2.30. The molecule has 0 fully saturated rings. The molecule has 5 nitrogen and oxygen atoms in total. The van der Waals surface area contributed by atoms with Gasteiger partial charge in [0.2, 0.25) is 5.89 Å². The van der Waals surface area contributed by atoms with Crippen LogP contribution < -0.4 is 0 Å². The highest BCUT2D eigenvalue weighted by atomic mass is 32.2. The second-order valence-electron chi connectivity index (χ2n) is 7.64. The first-order valence-corrected chi connectivity index (χ1v) is 11.4. The molecule has 0 bridgehead atoms. The van der Waals surface area contributed by atoms with E-state index in [1.165, 1.54) is 11.1 Å². The van der Waals surface area contributed by atoms with Gasteiger partial charge in [0, 0.05) is 22.6 Å². The molecule has 0 atom stereocenters. The van der Waals surface area contributed by atoms with Gasteiger partial charge in [-0.15, -0.1) is 10.2 Å². The third-order valence-electron chi connectivity index (χ3n) is 5.16. The van der Waals surface area contributed by atoms with Crippen molar-refractivity contribution in [3.63, 3.8) is 0 Å². The van der Waals surface area contributed by atoms with Crippen molar-refractivity contribution in [2.45, 2.75) is 24.8 Å². The van der Waals surface area contributed by atoms with E-state index in [1.54, 1.807) is 18.0 Å². The van der Waals surface area contributed by atoms with E-state index >= 15 is 0 Å². The Balaban J connectivity index is 1.45. The number of rotatable bonds is 6. The summed E-state index contributed by atoms with van der Waals surface area (Å²) in [4.78, 5) is 4.64. The largest absolute Gasteiger partial charge is 0.444 e. The fraction of sp³-hybridized carbons (Fsp3) is 0.115. The van der Waals surface area contributed by atoms with Crippen molar-refractivity contribution in [2.24, 2.45) is 0 Å². The van der Waals surface area contributed by atoms with Crippen molar-refractivity contribution in [2.75, 3.05) is 0 Å². The molecule has 0 aliphatic heterocycles. The van der Waals surface area contributed by atoms with Crippen molar-refractivity contribution in [3.05, 3.63) is 102 Å². The molecule has 0 unspecified atom stereocenters. The summed E-state index contributed by atoms with van der Waals surface area (Å²) in [5.41, 5.74) is 6.32. The number of thioether (sulfide) groups is 1. The SMILES string of the molecule is Cc1ccc(-c2nnc(SCc3coc(-c4ccccc4)n3)n2-c2ccc(C)cc2)cc1. The third kappa shape index (κ3) is 4.22. The lowest BCUT2D eigenvalue weighted by molar-refractivity contribution is 0.573. The summed E-state index contributed by atoms with van der Waals surface area (Å²) in [7, 11) is 0. The number of hydrogen-bond acceptors (Lipinski definition) is 5. The van der Waals surface area contributed by atoms with Gasteiger partial charge in [-0.3, -0.25) is 4.57 Å². The smallest absolute Gasteiger partial charge is 0.226 e. The van der Waals surface area contributed by atoms with Crippen LogP contribution in [0.3, 0.4) is 0 Å². The van der Waals surface area contributed by atoms with Gasteiger partial charge in [0.25, 0.3) is 0 Å². The van der Waals surface area contributed by atoms with Gasteiger partial charge < -0.3 is 4.42 Å². The van der Waals surface area contributed by atoms with Crippen molar-refractivity contribution in [1.29, 1.82) is 0 Å². The molecule has 0 amide bonds. The molecule has 0 radical (unpaired) electrons. The topological polar surface area (TPSA) is 56.7 Å². The predicted octanol–water partition coefficient (Wildman–Crippen LogP) is 6.50. The lowest BCUT2D eigenvalue weighted by Gasteiger charge is -2.10. The fourth-order valence-corrected chi connectivity index (χ4v) is 4.23. The maximum absolute atomic E-state index is 5.69. The fourth-order valence-electron chi connectivity index (χ4n) is 3.40. The number of benzene rings is 3. The van der Waals surface area contributed by atoms with E-state index in [2.05, 4.69) is 82.1 Å². The standard InChI is InChI=1S/C26H22N4OS/c1-18-8-12-20(13-9-18)24-28-29-26(30(24)23-14-10-19(2)11-15-23)32-17-22-16-31-25(27-22)21-6-4-3-5-7-21/h3-16H,17H2,1-2H3. The molecule has 0 spiro atoms. The zero-order chi connectivity index (χ0) is 21.9. The van der Waals surface area contributed by atoms with E-state index in [0.29, 0.717) is 11.6 Å². The zero-order valence-electron chi connectivity index (χ0n) is 17.9. The van der Waals surface area contributed by atoms with E-state index in [4.69, 9.17) is 4.42 Å². The summed E-state index contributed by atoms with van der Waals surface area (Å²) in [6.07, 6.45) is 1.71.